The van der Waals surface area contributed by atoms with Crippen molar-refractivity contribution in [1.82, 2.24) is 0 Å². The number of carboxylic acid groups (broad SMARTS) is 2. The fourth-order valence-electron chi connectivity index (χ4n) is 2.07. The Hall–Kier alpha value is -1.10. The SMILES string of the molecule is CC[Si](CC)(CC)CCC(=CC(=O)O)C(=O)O. The van der Waals surface area contributed by atoms with Crippen LogP contribution in [0.4, 0.5) is 0 Å². The van der Waals surface area contributed by atoms with Crippen molar-refractivity contribution in [3.63, 3.8) is 0 Å². The molecule has 0 saturated heterocycles. The van der Waals surface area contributed by atoms with Gasteiger partial charge in [0.15, 0.2) is 0 Å². The van der Waals surface area contributed by atoms with E-state index in [1.807, 2.05) is 0 Å². The molecule has 2 N–H and O–H groups in total. The quantitative estimate of drug-likeness (QED) is 0.518. The lowest BCUT2D eigenvalue weighted by Gasteiger charge is -2.28. The highest BCUT2D eigenvalue weighted by molar-refractivity contribution is 6.79. The first-order chi connectivity index (χ1) is 7.90. The molecule has 5 heteroatoms. The Balaban J connectivity index is 4.70. The number of carboxylic acids is 2. The van der Waals surface area contributed by atoms with E-state index in [9.17, 15) is 9.59 Å². The Bertz CT molecular complexity index is 297. The molecule has 0 aliphatic heterocycles. The molecule has 0 rings (SSSR count). The first-order valence-electron chi connectivity index (χ1n) is 6.07. The van der Waals surface area contributed by atoms with Crippen molar-refractivity contribution in [3.05, 3.63) is 11.6 Å². The average molecular weight is 258 g/mol. The molecular formula is C12H22O4Si. The minimum Gasteiger partial charge on any atom is -0.478 e. The Labute approximate surface area is 103 Å². The molecule has 0 aliphatic rings. The molecule has 0 amide bonds. The molecule has 0 bridgehead atoms. The normalized spacial score (nSPS) is 12.5. The molecule has 0 atom stereocenters. The maximum absolute atomic E-state index is 10.9. The zero-order chi connectivity index (χ0) is 13.5. The predicted octanol–water partition coefficient (Wildman–Crippen LogP) is 2.98. The maximum Gasteiger partial charge on any atom is 0.331 e. The summed E-state index contributed by atoms with van der Waals surface area (Å²) in [6.45, 7) is 6.46. The number of rotatable bonds is 8. The van der Waals surface area contributed by atoms with Gasteiger partial charge in [-0.2, -0.15) is 0 Å². The summed E-state index contributed by atoms with van der Waals surface area (Å²) < 4.78 is 0. The van der Waals surface area contributed by atoms with Gasteiger partial charge < -0.3 is 10.2 Å². The lowest BCUT2D eigenvalue weighted by molar-refractivity contribution is -0.135. The van der Waals surface area contributed by atoms with E-state index in [0.717, 1.165) is 30.3 Å². The zero-order valence-electron chi connectivity index (χ0n) is 10.8. The van der Waals surface area contributed by atoms with E-state index in [4.69, 9.17) is 10.2 Å². The van der Waals surface area contributed by atoms with E-state index in [1.54, 1.807) is 0 Å². The molecule has 0 fully saturated rings. The molecule has 0 saturated carbocycles. The van der Waals surface area contributed by atoms with Crippen molar-refractivity contribution >= 4 is 20.0 Å². The molecule has 0 spiro atoms. The fourth-order valence-corrected chi connectivity index (χ4v) is 5.43. The van der Waals surface area contributed by atoms with Gasteiger partial charge in [0.05, 0.1) is 8.07 Å². The van der Waals surface area contributed by atoms with Crippen LogP contribution in [0.15, 0.2) is 11.6 Å². The second-order valence-corrected chi connectivity index (χ2v) is 9.99. The Morgan fingerprint density at radius 1 is 1.06 bits per heavy atom. The molecule has 0 aromatic rings. The third-order valence-electron chi connectivity index (χ3n) is 3.75. The number of carbonyl (C=O) groups is 2. The molecule has 0 unspecified atom stereocenters. The van der Waals surface area contributed by atoms with Crippen molar-refractivity contribution in [2.24, 2.45) is 0 Å². The first kappa shape index (κ1) is 15.9. The molecule has 0 radical (unpaired) electrons. The predicted molar refractivity (Wildman–Crippen MR) is 70.0 cm³/mol. The lowest BCUT2D eigenvalue weighted by atomic mass is 10.2. The largest absolute Gasteiger partial charge is 0.478 e. The maximum atomic E-state index is 10.9. The molecule has 4 nitrogen and oxygen atoms in total. The van der Waals surface area contributed by atoms with Crippen LogP contribution in [0.5, 0.6) is 0 Å². The van der Waals surface area contributed by atoms with Crippen LogP contribution in [0.3, 0.4) is 0 Å². The van der Waals surface area contributed by atoms with Crippen LogP contribution < -0.4 is 0 Å². The first-order valence-corrected chi connectivity index (χ1v) is 8.90. The fraction of sp³-hybridized carbons (Fsp3) is 0.667. The number of aliphatic carboxylic acids is 2. The van der Waals surface area contributed by atoms with Gasteiger partial charge in [0.25, 0.3) is 0 Å². The molecule has 0 aliphatic carbocycles. The average Bonchev–Trinajstić information content (AvgIpc) is 2.29. The second-order valence-electron chi connectivity index (χ2n) is 4.37. The van der Waals surface area contributed by atoms with Crippen molar-refractivity contribution in [2.75, 3.05) is 0 Å². The summed E-state index contributed by atoms with van der Waals surface area (Å²) in [7, 11) is -1.37. The van der Waals surface area contributed by atoms with Crippen LogP contribution in [0, 0.1) is 0 Å². The minimum absolute atomic E-state index is 0.0183. The highest BCUT2D eigenvalue weighted by Gasteiger charge is 2.27. The van der Waals surface area contributed by atoms with E-state index < -0.39 is 20.0 Å². The van der Waals surface area contributed by atoms with Gasteiger partial charge in [-0.05, 0) is 6.42 Å². The smallest absolute Gasteiger partial charge is 0.331 e. The molecule has 17 heavy (non-hydrogen) atoms. The highest BCUT2D eigenvalue weighted by Crippen LogP contribution is 2.28. The van der Waals surface area contributed by atoms with Gasteiger partial charge in [-0.3, -0.25) is 0 Å². The standard InChI is InChI=1S/C12H22O4Si/c1-4-17(5-2,6-3)8-7-10(12(15)16)9-11(13)14/h9H,4-8H2,1-3H3,(H,13,14)(H,15,16). The van der Waals surface area contributed by atoms with Crippen LogP contribution in [0.2, 0.25) is 24.2 Å². The van der Waals surface area contributed by atoms with E-state index in [-0.39, 0.29) is 5.57 Å². The zero-order valence-corrected chi connectivity index (χ0v) is 11.8. The van der Waals surface area contributed by atoms with Crippen LogP contribution >= 0.6 is 0 Å². The van der Waals surface area contributed by atoms with Crippen molar-refractivity contribution in [1.29, 1.82) is 0 Å². The molecule has 98 valence electrons. The Morgan fingerprint density at radius 2 is 1.53 bits per heavy atom. The van der Waals surface area contributed by atoms with Crippen LogP contribution in [0.25, 0.3) is 0 Å². The van der Waals surface area contributed by atoms with E-state index in [2.05, 4.69) is 20.8 Å². The second kappa shape index (κ2) is 7.27. The van der Waals surface area contributed by atoms with Gasteiger partial charge in [0.1, 0.15) is 0 Å². The van der Waals surface area contributed by atoms with Gasteiger partial charge in [-0.15, -0.1) is 0 Å². The number of hydrogen-bond acceptors (Lipinski definition) is 2. The van der Waals surface area contributed by atoms with Gasteiger partial charge in [0, 0.05) is 11.6 Å². The topological polar surface area (TPSA) is 74.6 Å². The summed E-state index contributed by atoms with van der Waals surface area (Å²) in [6.07, 6.45) is 1.20. The van der Waals surface area contributed by atoms with Gasteiger partial charge >= 0.3 is 11.9 Å². The van der Waals surface area contributed by atoms with Crippen molar-refractivity contribution in [3.8, 4) is 0 Å². The summed E-state index contributed by atoms with van der Waals surface area (Å²) in [5.41, 5.74) is 0.0183. The summed E-state index contributed by atoms with van der Waals surface area (Å²) in [5.74, 6) is -2.29. The van der Waals surface area contributed by atoms with Gasteiger partial charge in [-0.1, -0.05) is 44.9 Å². The summed E-state index contributed by atoms with van der Waals surface area (Å²) in [5, 5.41) is 17.5. The third-order valence-corrected chi connectivity index (χ3v) is 9.56. The van der Waals surface area contributed by atoms with E-state index in [1.165, 1.54) is 0 Å². The van der Waals surface area contributed by atoms with Crippen molar-refractivity contribution < 1.29 is 19.8 Å². The number of hydrogen-bond donors (Lipinski definition) is 2. The third kappa shape index (κ3) is 5.17. The molecule has 0 heterocycles. The summed E-state index contributed by atoms with van der Waals surface area (Å²) >= 11 is 0. The minimum atomic E-state index is -1.37. The van der Waals surface area contributed by atoms with Crippen LogP contribution in [-0.4, -0.2) is 30.2 Å². The van der Waals surface area contributed by atoms with Gasteiger partial charge in [-0.25, -0.2) is 9.59 Å². The van der Waals surface area contributed by atoms with Crippen molar-refractivity contribution in [2.45, 2.75) is 51.4 Å². The Kier molecular flexibility index (Phi) is 6.80. The lowest BCUT2D eigenvalue weighted by Crippen LogP contribution is -2.31. The van der Waals surface area contributed by atoms with Crippen LogP contribution in [-0.2, 0) is 9.59 Å². The molecule has 0 aromatic carbocycles. The molecule has 0 aromatic heterocycles. The summed E-state index contributed by atoms with van der Waals surface area (Å²) in [4.78, 5) is 21.4. The highest BCUT2D eigenvalue weighted by atomic mass is 28.3. The van der Waals surface area contributed by atoms with E-state index in [0.29, 0.717) is 6.42 Å². The van der Waals surface area contributed by atoms with E-state index >= 15 is 0 Å². The van der Waals surface area contributed by atoms with Crippen LogP contribution in [0.1, 0.15) is 27.2 Å². The Morgan fingerprint density at radius 3 is 1.82 bits per heavy atom. The monoisotopic (exact) mass is 258 g/mol. The molecular weight excluding hydrogens is 236 g/mol. The summed E-state index contributed by atoms with van der Waals surface area (Å²) in [6, 6.07) is 4.24. The van der Waals surface area contributed by atoms with Gasteiger partial charge in [0.2, 0.25) is 0 Å².